The molecule has 0 aromatic heterocycles. The molecule has 0 saturated heterocycles. The third-order valence-corrected chi connectivity index (χ3v) is 3.45. The lowest BCUT2D eigenvalue weighted by atomic mass is 10.1. The Morgan fingerprint density at radius 3 is 1.75 bits per heavy atom. The third kappa shape index (κ3) is 4.57. The normalized spacial score (nSPS) is 11.6. The van der Waals surface area contributed by atoms with Crippen LogP contribution in [0.15, 0.2) is 36.4 Å². The molecule has 1 atom stereocenters. The van der Waals surface area contributed by atoms with E-state index in [4.69, 9.17) is 4.74 Å². The van der Waals surface area contributed by atoms with Crippen LogP contribution in [0.25, 0.3) is 0 Å². The zero-order valence-corrected chi connectivity index (χ0v) is 13.6. The van der Waals surface area contributed by atoms with Crippen molar-refractivity contribution in [3.63, 3.8) is 0 Å². The van der Waals surface area contributed by atoms with Gasteiger partial charge in [0.2, 0.25) is 6.29 Å². The predicted octanol–water partition coefficient (Wildman–Crippen LogP) is 2.97. The Balaban J connectivity index is 2.24. The zero-order chi connectivity index (χ0) is 21.0. The Kier molecular flexibility index (Phi) is 5.87. The number of ether oxygens (including phenoxy) is 1. The van der Waals surface area contributed by atoms with E-state index in [2.05, 4.69) is 0 Å². The molecule has 0 N–H and O–H groups in total. The van der Waals surface area contributed by atoms with E-state index in [9.17, 15) is 45.6 Å². The van der Waals surface area contributed by atoms with Gasteiger partial charge in [-0.25, -0.2) is 0 Å². The fourth-order valence-corrected chi connectivity index (χ4v) is 2.21. The van der Waals surface area contributed by atoms with Crippen LogP contribution in [0, 0.1) is 40.5 Å². The summed E-state index contributed by atoms with van der Waals surface area (Å²) >= 11 is 0. The fraction of sp³-hybridized carbons (Fsp3) is 0.143. The summed E-state index contributed by atoms with van der Waals surface area (Å²) < 4.78 is 4.93. The van der Waals surface area contributed by atoms with Crippen LogP contribution in [0.5, 0.6) is 0 Å². The first kappa shape index (κ1) is 20.3. The minimum atomic E-state index is -2.03. The summed E-state index contributed by atoms with van der Waals surface area (Å²) in [6.45, 7) is -0.568. The molecule has 14 nitrogen and oxygen atoms in total. The van der Waals surface area contributed by atoms with Crippen LogP contribution in [-0.2, 0) is 16.5 Å². The van der Waals surface area contributed by atoms with Crippen molar-refractivity contribution >= 4 is 22.7 Å². The number of hydrogen-bond donors (Lipinski definition) is 0. The van der Waals surface area contributed by atoms with Crippen LogP contribution in [0.1, 0.15) is 17.4 Å². The van der Waals surface area contributed by atoms with Gasteiger partial charge in [0, 0.05) is 29.8 Å². The van der Waals surface area contributed by atoms with Crippen molar-refractivity contribution in [2.24, 2.45) is 0 Å². The molecule has 0 saturated carbocycles. The summed E-state index contributed by atoms with van der Waals surface area (Å²) in [6.07, 6.45) is -2.03. The molecule has 0 aliphatic heterocycles. The summed E-state index contributed by atoms with van der Waals surface area (Å²) in [5, 5.41) is 55.5. The van der Waals surface area contributed by atoms with Gasteiger partial charge in [-0.1, -0.05) is 0 Å². The lowest BCUT2D eigenvalue weighted by molar-refractivity contribution is -0.422. The number of rotatable bonds is 8. The molecule has 14 heteroatoms. The first-order chi connectivity index (χ1) is 13.1. The number of benzene rings is 2. The van der Waals surface area contributed by atoms with Crippen molar-refractivity contribution in [1.82, 2.24) is 0 Å². The van der Waals surface area contributed by atoms with E-state index in [0.29, 0.717) is 6.07 Å². The van der Waals surface area contributed by atoms with Gasteiger partial charge in [0.1, 0.15) is 0 Å². The van der Waals surface area contributed by atoms with Crippen LogP contribution in [0.3, 0.4) is 0 Å². The summed E-state index contributed by atoms with van der Waals surface area (Å²) in [7, 11) is 0. The monoisotopic (exact) mass is 393 g/mol. The topological polar surface area (TPSA) is 202 Å². The van der Waals surface area contributed by atoms with Crippen LogP contribution >= 0.6 is 0 Å². The van der Waals surface area contributed by atoms with E-state index >= 15 is 0 Å². The average Bonchev–Trinajstić information content (AvgIpc) is 2.65. The first-order valence-corrected chi connectivity index (χ1v) is 7.23. The van der Waals surface area contributed by atoms with Gasteiger partial charge in [-0.05, 0) is 11.6 Å². The van der Waals surface area contributed by atoms with Crippen LogP contribution in [0.2, 0.25) is 0 Å². The van der Waals surface area contributed by atoms with Gasteiger partial charge in [0.25, 0.3) is 11.4 Å². The molecule has 0 heterocycles. The first-order valence-electron chi connectivity index (χ1n) is 7.23. The molecule has 0 bridgehead atoms. The number of nitro benzene ring substituents is 4. The van der Waals surface area contributed by atoms with Gasteiger partial charge in [-0.2, -0.15) is 5.11 Å². The van der Waals surface area contributed by atoms with Crippen molar-refractivity contribution in [3.8, 4) is 0 Å². The van der Waals surface area contributed by atoms with Crippen LogP contribution in [-0.4, -0.2) is 19.7 Å². The van der Waals surface area contributed by atoms with Crippen molar-refractivity contribution in [3.05, 3.63) is 88.0 Å². The molecule has 0 aliphatic rings. The molecule has 145 valence electrons. The van der Waals surface area contributed by atoms with E-state index < -0.39 is 55.3 Å². The van der Waals surface area contributed by atoms with Crippen LogP contribution in [0.4, 0.5) is 22.7 Å². The standard InChI is InChI=1S/C14H9N4O10/c19-14(9-1-2-12(17(24)25)13(5-9)18(26)27)28-7-8-3-10(15(20)21)6-11(4-8)16(22)23/h1-6,14H,7H2. The smallest absolute Gasteiger partial charge is 0.341 e. The Labute approximate surface area is 154 Å². The van der Waals surface area contributed by atoms with Crippen molar-refractivity contribution < 1.29 is 29.5 Å². The van der Waals surface area contributed by atoms with Gasteiger partial charge < -0.3 is 4.74 Å². The molecule has 28 heavy (non-hydrogen) atoms. The molecule has 2 aromatic rings. The second-order valence-electron chi connectivity index (χ2n) is 5.28. The lowest BCUT2D eigenvalue weighted by Gasteiger charge is -2.10. The quantitative estimate of drug-likeness (QED) is 0.367. The highest BCUT2D eigenvalue weighted by Gasteiger charge is 2.26. The SMILES string of the molecule is [O]C(OCc1cc([N+](=O)[O-])cc([N+](=O)[O-])c1)c1ccc([N+](=O)[O-])c([N+](=O)[O-])c1. The molecule has 2 aromatic carbocycles. The van der Waals surface area contributed by atoms with Gasteiger partial charge in [0.05, 0.1) is 32.4 Å². The largest absolute Gasteiger partial charge is 0.346 e. The van der Waals surface area contributed by atoms with E-state index in [1.807, 2.05) is 0 Å². The van der Waals surface area contributed by atoms with E-state index in [1.165, 1.54) is 0 Å². The molecule has 2 rings (SSSR count). The highest BCUT2D eigenvalue weighted by molar-refractivity contribution is 5.54. The number of hydrogen-bond acceptors (Lipinski definition) is 9. The van der Waals surface area contributed by atoms with E-state index in [0.717, 1.165) is 30.3 Å². The Morgan fingerprint density at radius 2 is 1.29 bits per heavy atom. The molecule has 0 aliphatic carbocycles. The summed E-state index contributed by atoms with van der Waals surface area (Å²) in [5.74, 6) is 0. The number of nitro groups is 4. The highest BCUT2D eigenvalue weighted by Crippen LogP contribution is 2.31. The zero-order valence-electron chi connectivity index (χ0n) is 13.6. The molecular weight excluding hydrogens is 384 g/mol. The predicted molar refractivity (Wildman–Crippen MR) is 87.7 cm³/mol. The van der Waals surface area contributed by atoms with Gasteiger partial charge in [-0.3, -0.25) is 40.5 Å². The van der Waals surface area contributed by atoms with Crippen LogP contribution < -0.4 is 0 Å². The molecule has 0 fully saturated rings. The molecule has 0 amide bonds. The lowest BCUT2D eigenvalue weighted by Crippen LogP contribution is -2.05. The Hall–Kier alpha value is -4.04. The second-order valence-corrected chi connectivity index (χ2v) is 5.28. The molecule has 0 spiro atoms. The Morgan fingerprint density at radius 1 is 0.750 bits per heavy atom. The van der Waals surface area contributed by atoms with Crippen molar-refractivity contribution in [2.45, 2.75) is 12.9 Å². The average molecular weight is 393 g/mol. The maximum atomic E-state index is 12.1. The van der Waals surface area contributed by atoms with Crippen molar-refractivity contribution in [1.29, 1.82) is 0 Å². The Bertz CT molecular complexity index is 944. The van der Waals surface area contributed by atoms with E-state index in [1.54, 1.807) is 0 Å². The number of non-ortho nitro benzene ring substituents is 2. The maximum absolute atomic E-state index is 12.1. The van der Waals surface area contributed by atoms with E-state index in [-0.39, 0.29) is 11.1 Å². The molecule has 1 radical (unpaired) electrons. The molecular formula is C14H9N4O10. The third-order valence-electron chi connectivity index (χ3n) is 3.45. The van der Waals surface area contributed by atoms with Gasteiger partial charge >= 0.3 is 11.4 Å². The van der Waals surface area contributed by atoms with Crippen molar-refractivity contribution in [2.75, 3.05) is 0 Å². The summed E-state index contributed by atoms with van der Waals surface area (Å²) in [6, 6.07) is 5.11. The summed E-state index contributed by atoms with van der Waals surface area (Å²) in [4.78, 5) is 39.6. The fourth-order valence-electron chi connectivity index (χ4n) is 2.21. The summed E-state index contributed by atoms with van der Waals surface area (Å²) in [5.41, 5.74) is -3.22. The highest BCUT2D eigenvalue weighted by atomic mass is 16.6. The number of nitrogens with zero attached hydrogens (tertiary/aromatic N) is 4. The van der Waals surface area contributed by atoms with Gasteiger partial charge in [0.15, 0.2) is 0 Å². The van der Waals surface area contributed by atoms with Gasteiger partial charge in [-0.15, -0.1) is 0 Å². The minimum absolute atomic E-state index is 0.0434. The molecule has 1 unspecified atom stereocenters. The second kappa shape index (κ2) is 8.11. The minimum Gasteiger partial charge on any atom is -0.341 e. The maximum Gasteiger partial charge on any atom is 0.346 e.